The molecule has 7 heteroatoms. The van der Waals surface area contributed by atoms with Crippen molar-refractivity contribution >= 4 is 51.1 Å². The summed E-state index contributed by atoms with van der Waals surface area (Å²) in [5.74, 6) is 0.576. The maximum Gasteiger partial charge on any atom is 0.307 e. The summed E-state index contributed by atoms with van der Waals surface area (Å²) >= 11 is 0. The lowest BCUT2D eigenvalue weighted by molar-refractivity contribution is -0.142. The van der Waals surface area contributed by atoms with Crippen LogP contribution in [0.3, 0.4) is 0 Å². The van der Waals surface area contributed by atoms with Gasteiger partial charge in [0.2, 0.25) is 5.89 Å². The molecule has 0 saturated carbocycles. The van der Waals surface area contributed by atoms with Crippen LogP contribution in [0.2, 0.25) is 0 Å². The molecule has 0 saturated heterocycles. The molecule has 252 valence electrons. The third kappa shape index (κ3) is 5.79. The fraction of sp³-hybridized carbons (Fsp3) is 0.357. The van der Waals surface area contributed by atoms with Crippen LogP contribution in [0, 0.1) is 0 Å². The van der Waals surface area contributed by atoms with E-state index in [9.17, 15) is 9.59 Å². The summed E-state index contributed by atoms with van der Waals surface area (Å²) in [5, 5.41) is 2.41. The minimum atomic E-state index is -0.346. The zero-order valence-corrected chi connectivity index (χ0v) is 29.4. The van der Waals surface area contributed by atoms with Crippen LogP contribution in [0.4, 0.5) is 11.4 Å². The van der Waals surface area contributed by atoms with Crippen molar-refractivity contribution in [1.29, 1.82) is 0 Å². The summed E-state index contributed by atoms with van der Waals surface area (Å²) in [4.78, 5) is 35.2. The average Bonchev–Trinajstić information content (AvgIpc) is 3.65. The molecule has 0 radical (unpaired) electrons. The highest BCUT2D eigenvalue weighted by molar-refractivity contribution is 5.96. The van der Waals surface area contributed by atoms with Gasteiger partial charge in [-0.1, -0.05) is 82.3 Å². The number of Topliss-reactive ketones (excluding diaryl/α,β-unsaturated/α-hetero) is 1. The summed E-state index contributed by atoms with van der Waals surface area (Å²) in [7, 11) is 0. The van der Waals surface area contributed by atoms with Crippen molar-refractivity contribution in [2.24, 2.45) is 0 Å². The van der Waals surface area contributed by atoms with Crippen LogP contribution < -0.4 is 9.80 Å². The first-order valence-electron chi connectivity index (χ1n) is 17.4. The van der Waals surface area contributed by atoms with Crippen molar-refractivity contribution in [2.45, 2.75) is 77.7 Å². The zero-order valence-electron chi connectivity index (χ0n) is 29.4. The van der Waals surface area contributed by atoms with E-state index >= 15 is 0 Å². The molecule has 0 aliphatic carbocycles. The first kappa shape index (κ1) is 32.6. The molecule has 3 heterocycles. The highest BCUT2D eigenvalue weighted by Crippen LogP contribution is 2.51. The van der Waals surface area contributed by atoms with Gasteiger partial charge in [0.05, 0.1) is 13.0 Å². The number of para-hydroxylation sites is 2. The van der Waals surface area contributed by atoms with Crippen molar-refractivity contribution < 1.29 is 18.7 Å². The van der Waals surface area contributed by atoms with Crippen molar-refractivity contribution in [2.75, 3.05) is 29.5 Å². The Bertz CT molecular complexity index is 2070. The molecule has 0 bridgehead atoms. The molecule has 1 atom stereocenters. The first-order chi connectivity index (χ1) is 23.5. The largest absolute Gasteiger partial charge is 0.466 e. The van der Waals surface area contributed by atoms with Gasteiger partial charge in [0.25, 0.3) is 0 Å². The molecule has 7 rings (SSSR count). The van der Waals surface area contributed by atoms with E-state index in [1.165, 1.54) is 21.9 Å². The number of aromatic nitrogens is 1. The minimum Gasteiger partial charge on any atom is -0.466 e. The highest BCUT2D eigenvalue weighted by atomic mass is 16.5. The molecular weight excluding hydrogens is 610 g/mol. The Hall–Kier alpha value is -4.91. The van der Waals surface area contributed by atoms with Gasteiger partial charge in [0.1, 0.15) is 11.3 Å². The second-order valence-electron chi connectivity index (χ2n) is 14.5. The first-order valence-corrected chi connectivity index (χ1v) is 17.4. The van der Waals surface area contributed by atoms with Gasteiger partial charge < -0.3 is 19.0 Å². The van der Waals surface area contributed by atoms with Crippen molar-refractivity contribution in [1.82, 2.24) is 4.98 Å². The van der Waals surface area contributed by atoms with E-state index in [0.29, 0.717) is 44.8 Å². The molecule has 1 unspecified atom stereocenters. The number of esters is 1. The number of ketones is 1. The third-order valence-corrected chi connectivity index (χ3v) is 10.8. The lowest BCUT2D eigenvalue weighted by Crippen LogP contribution is -2.40. The maximum atomic E-state index is 13.7. The van der Waals surface area contributed by atoms with Crippen LogP contribution in [-0.2, 0) is 31.6 Å². The standard InChI is InChI=1S/C42H45N3O4/c1-7-48-39(47)21-23-44-27(2)41(3,4)32-25-28(16-18-34(32)44)24-30(46)20-22-45-35-19-17-29-12-8-9-13-31(29)40(35)42(5,6)37(45)26-38-43-33-14-10-11-15-36(33)49-38/h8-19,25-27H,7,20-24H2,1-6H3. The second-order valence-corrected chi connectivity index (χ2v) is 14.5. The van der Waals surface area contributed by atoms with Gasteiger partial charge in [0.15, 0.2) is 5.58 Å². The number of anilines is 2. The molecule has 1 aromatic heterocycles. The molecule has 2 aliphatic heterocycles. The Kier molecular flexibility index (Phi) is 8.34. The molecule has 0 fully saturated rings. The Morgan fingerprint density at radius 1 is 0.918 bits per heavy atom. The maximum absolute atomic E-state index is 13.7. The number of hydrogen-bond donors (Lipinski definition) is 0. The number of nitrogens with zero attached hydrogens (tertiary/aromatic N) is 3. The van der Waals surface area contributed by atoms with Crippen molar-refractivity contribution in [3.05, 3.63) is 107 Å². The molecular formula is C42H45N3O4. The molecule has 0 N–H and O–H groups in total. The van der Waals surface area contributed by atoms with Gasteiger partial charge in [-0.15, -0.1) is 0 Å². The predicted octanol–water partition coefficient (Wildman–Crippen LogP) is 8.76. The van der Waals surface area contributed by atoms with E-state index in [1.54, 1.807) is 0 Å². The number of carbonyl (C=O) groups is 2. The molecule has 2 aliphatic rings. The van der Waals surface area contributed by atoms with Crippen LogP contribution in [0.5, 0.6) is 0 Å². The van der Waals surface area contributed by atoms with E-state index < -0.39 is 0 Å². The Morgan fingerprint density at radius 2 is 1.67 bits per heavy atom. The monoisotopic (exact) mass is 655 g/mol. The van der Waals surface area contributed by atoms with Gasteiger partial charge >= 0.3 is 5.97 Å². The van der Waals surface area contributed by atoms with E-state index in [0.717, 1.165) is 33.7 Å². The van der Waals surface area contributed by atoms with Crippen LogP contribution >= 0.6 is 0 Å². The van der Waals surface area contributed by atoms with Gasteiger partial charge in [-0.25, -0.2) is 4.98 Å². The van der Waals surface area contributed by atoms with Crippen LogP contribution in [0.15, 0.2) is 89.0 Å². The van der Waals surface area contributed by atoms with E-state index in [4.69, 9.17) is 14.1 Å². The van der Waals surface area contributed by atoms with Gasteiger partial charge in [-0.2, -0.15) is 0 Å². The van der Waals surface area contributed by atoms with Gasteiger partial charge in [-0.3, -0.25) is 9.59 Å². The van der Waals surface area contributed by atoms with Crippen LogP contribution in [0.1, 0.15) is 77.0 Å². The quantitative estimate of drug-likeness (QED) is 0.139. The third-order valence-electron chi connectivity index (χ3n) is 10.8. The van der Waals surface area contributed by atoms with Crippen molar-refractivity contribution in [3.63, 3.8) is 0 Å². The minimum absolute atomic E-state index is 0.124. The zero-order chi connectivity index (χ0) is 34.5. The Morgan fingerprint density at radius 3 is 2.47 bits per heavy atom. The second kappa shape index (κ2) is 12.5. The SMILES string of the molecule is CCOC(=O)CCN1c2ccc(CC(=O)CCN3C(=Cc4nc5ccccc5o4)C(C)(C)c4c3ccc3ccccc43)cc2C(C)(C)C1C. The van der Waals surface area contributed by atoms with Crippen LogP contribution in [0.25, 0.3) is 27.9 Å². The molecule has 5 aromatic rings. The summed E-state index contributed by atoms with van der Waals surface area (Å²) in [5.41, 5.74) is 7.92. The summed E-state index contributed by atoms with van der Waals surface area (Å²) in [6.45, 7) is 14.6. The molecule has 4 aromatic carbocycles. The normalized spacial score (nSPS) is 18.3. The summed E-state index contributed by atoms with van der Waals surface area (Å²) < 4.78 is 11.3. The smallest absolute Gasteiger partial charge is 0.307 e. The molecule has 7 nitrogen and oxygen atoms in total. The Balaban J connectivity index is 1.14. The van der Waals surface area contributed by atoms with Gasteiger partial charge in [-0.05, 0) is 65.6 Å². The van der Waals surface area contributed by atoms with Gasteiger partial charge in [0, 0.05) is 66.0 Å². The molecule has 49 heavy (non-hydrogen) atoms. The van der Waals surface area contributed by atoms with E-state index in [1.807, 2.05) is 31.2 Å². The van der Waals surface area contributed by atoms with Crippen molar-refractivity contribution in [3.8, 4) is 0 Å². The number of oxazole rings is 1. The summed E-state index contributed by atoms with van der Waals surface area (Å²) in [6.07, 6.45) is 3.17. The number of allylic oxidation sites excluding steroid dienone is 1. The number of benzene rings is 4. The fourth-order valence-electron chi connectivity index (χ4n) is 7.90. The van der Waals surface area contributed by atoms with E-state index in [-0.39, 0.29) is 28.6 Å². The lowest BCUT2D eigenvalue weighted by atomic mass is 9.80. The van der Waals surface area contributed by atoms with Crippen LogP contribution in [-0.4, -0.2) is 42.5 Å². The average molecular weight is 656 g/mol. The van der Waals surface area contributed by atoms with E-state index in [2.05, 4.69) is 105 Å². The number of rotatable bonds is 10. The number of fused-ring (bicyclic) bond motifs is 5. The molecule has 0 amide bonds. The fourth-order valence-corrected chi connectivity index (χ4v) is 7.90. The lowest BCUT2D eigenvalue weighted by Gasteiger charge is -2.31. The Labute approximate surface area is 288 Å². The summed E-state index contributed by atoms with van der Waals surface area (Å²) in [6, 6.07) is 27.3. The number of carbonyl (C=O) groups excluding carboxylic acids is 2. The molecule has 0 spiro atoms. The highest BCUT2D eigenvalue weighted by Gasteiger charge is 2.43. The topological polar surface area (TPSA) is 75.9 Å². The number of ether oxygens (including phenoxy) is 1. The number of hydrogen-bond acceptors (Lipinski definition) is 7. The predicted molar refractivity (Wildman–Crippen MR) is 197 cm³/mol.